The summed E-state index contributed by atoms with van der Waals surface area (Å²) in [5.41, 5.74) is 0.876. The molecule has 3 rings (SSSR count). The van der Waals surface area contributed by atoms with Gasteiger partial charge in [-0.2, -0.15) is 0 Å². The van der Waals surface area contributed by atoms with Crippen LogP contribution >= 0.6 is 0 Å². The normalized spacial score (nSPS) is 17.3. The van der Waals surface area contributed by atoms with Crippen LogP contribution in [0.15, 0.2) is 30.7 Å². The van der Waals surface area contributed by atoms with Crippen LogP contribution < -0.4 is 0 Å². The van der Waals surface area contributed by atoms with E-state index in [0.717, 1.165) is 25.1 Å². The molecule has 0 N–H and O–H groups in total. The van der Waals surface area contributed by atoms with Crippen molar-refractivity contribution in [2.75, 3.05) is 13.2 Å². The summed E-state index contributed by atoms with van der Waals surface area (Å²) in [6.07, 6.45) is 5.78. The Bertz CT molecular complexity index is 598. The third-order valence-electron chi connectivity index (χ3n) is 3.83. The average molecular weight is 316 g/mol. The summed E-state index contributed by atoms with van der Waals surface area (Å²) in [7, 11) is 0. The molecule has 2 aromatic rings. The van der Waals surface area contributed by atoms with Gasteiger partial charge >= 0.3 is 0 Å². The molecule has 3 heterocycles. The van der Waals surface area contributed by atoms with Gasteiger partial charge in [-0.05, 0) is 35.4 Å². The first-order valence-electron chi connectivity index (χ1n) is 7.81. The predicted octanol–water partition coefficient (Wildman–Crippen LogP) is 0.666. The molecule has 1 atom stereocenters. The molecule has 0 aromatic carbocycles. The van der Waals surface area contributed by atoms with Gasteiger partial charge in [-0.25, -0.2) is 4.68 Å². The number of aromatic nitrogens is 5. The number of carbonyl (C=O) groups excluding carboxylic acids is 1. The van der Waals surface area contributed by atoms with Gasteiger partial charge in [0.1, 0.15) is 6.33 Å². The maximum Gasteiger partial charge on any atom is 0.224 e. The van der Waals surface area contributed by atoms with E-state index in [2.05, 4.69) is 20.5 Å². The largest absolute Gasteiger partial charge is 0.376 e. The number of hydrogen-bond donors (Lipinski definition) is 0. The van der Waals surface area contributed by atoms with Crippen molar-refractivity contribution in [3.8, 4) is 0 Å². The van der Waals surface area contributed by atoms with Crippen molar-refractivity contribution >= 4 is 5.91 Å². The van der Waals surface area contributed by atoms with Crippen molar-refractivity contribution < 1.29 is 9.53 Å². The van der Waals surface area contributed by atoms with Crippen LogP contribution in [0, 0.1) is 0 Å². The SMILES string of the molecule is O=C(CCn1cnnn1)N(Cc1ccccn1)C[C@@H]1CCCO1. The van der Waals surface area contributed by atoms with Gasteiger partial charge in [0.25, 0.3) is 0 Å². The Balaban J connectivity index is 1.61. The minimum absolute atomic E-state index is 0.0571. The Kier molecular flexibility index (Phi) is 5.25. The van der Waals surface area contributed by atoms with Gasteiger partial charge in [-0.1, -0.05) is 6.07 Å². The fraction of sp³-hybridized carbons (Fsp3) is 0.533. The van der Waals surface area contributed by atoms with Crippen molar-refractivity contribution in [2.45, 2.75) is 38.5 Å². The van der Waals surface area contributed by atoms with Gasteiger partial charge in [-0.15, -0.1) is 5.10 Å². The summed E-state index contributed by atoms with van der Waals surface area (Å²) < 4.78 is 7.23. The van der Waals surface area contributed by atoms with E-state index in [9.17, 15) is 4.79 Å². The molecule has 2 aromatic heterocycles. The predicted molar refractivity (Wildman–Crippen MR) is 81.1 cm³/mol. The average Bonchev–Trinajstić information content (AvgIpc) is 3.26. The number of tetrazole rings is 1. The Morgan fingerprint density at radius 1 is 1.43 bits per heavy atom. The third kappa shape index (κ3) is 4.56. The minimum Gasteiger partial charge on any atom is -0.376 e. The van der Waals surface area contributed by atoms with E-state index in [0.29, 0.717) is 26.1 Å². The Morgan fingerprint density at radius 3 is 3.09 bits per heavy atom. The van der Waals surface area contributed by atoms with Crippen LogP contribution in [0.25, 0.3) is 0 Å². The van der Waals surface area contributed by atoms with Crippen molar-refractivity contribution in [3.63, 3.8) is 0 Å². The molecule has 1 fully saturated rings. The lowest BCUT2D eigenvalue weighted by Gasteiger charge is -2.25. The highest BCUT2D eigenvalue weighted by Gasteiger charge is 2.23. The van der Waals surface area contributed by atoms with Gasteiger partial charge in [0.2, 0.25) is 5.91 Å². The number of amides is 1. The lowest BCUT2D eigenvalue weighted by atomic mass is 10.2. The topological polar surface area (TPSA) is 86.0 Å². The molecule has 23 heavy (non-hydrogen) atoms. The van der Waals surface area contributed by atoms with E-state index in [1.54, 1.807) is 10.9 Å². The highest BCUT2D eigenvalue weighted by atomic mass is 16.5. The monoisotopic (exact) mass is 316 g/mol. The lowest BCUT2D eigenvalue weighted by Crippen LogP contribution is -2.37. The van der Waals surface area contributed by atoms with Crippen molar-refractivity contribution in [3.05, 3.63) is 36.4 Å². The summed E-state index contributed by atoms with van der Waals surface area (Å²) >= 11 is 0. The van der Waals surface area contributed by atoms with E-state index in [1.165, 1.54) is 6.33 Å². The summed E-state index contributed by atoms with van der Waals surface area (Å²) in [6.45, 7) is 2.34. The summed E-state index contributed by atoms with van der Waals surface area (Å²) in [4.78, 5) is 18.7. The molecule has 8 nitrogen and oxygen atoms in total. The molecular formula is C15H20N6O2. The molecule has 122 valence electrons. The molecule has 0 spiro atoms. The molecule has 1 aliphatic heterocycles. The molecule has 0 bridgehead atoms. The number of nitrogens with zero attached hydrogens (tertiary/aromatic N) is 6. The highest BCUT2D eigenvalue weighted by molar-refractivity contribution is 5.76. The van der Waals surface area contributed by atoms with Gasteiger partial charge in [-0.3, -0.25) is 9.78 Å². The van der Waals surface area contributed by atoms with E-state index < -0.39 is 0 Å². The minimum atomic E-state index is 0.0571. The van der Waals surface area contributed by atoms with Crippen LogP contribution in [0.3, 0.4) is 0 Å². The van der Waals surface area contributed by atoms with Crippen LogP contribution in [-0.4, -0.2) is 55.3 Å². The molecule has 8 heteroatoms. The fourth-order valence-electron chi connectivity index (χ4n) is 2.63. The van der Waals surface area contributed by atoms with E-state index in [-0.39, 0.29) is 12.0 Å². The Hall–Kier alpha value is -2.35. The van der Waals surface area contributed by atoms with Crippen LogP contribution in [0.1, 0.15) is 25.0 Å². The van der Waals surface area contributed by atoms with Crippen LogP contribution in [0.2, 0.25) is 0 Å². The molecule has 0 radical (unpaired) electrons. The Morgan fingerprint density at radius 2 is 2.39 bits per heavy atom. The zero-order valence-corrected chi connectivity index (χ0v) is 12.9. The first-order valence-corrected chi connectivity index (χ1v) is 7.81. The third-order valence-corrected chi connectivity index (χ3v) is 3.83. The van der Waals surface area contributed by atoms with Crippen LogP contribution in [0.4, 0.5) is 0 Å². The van der Waals surface area contributed by atoms with Crippen molar-refractivity contribution in [2.24, 2.45) is 0 Å². The molecule has 0 aliphatic carbocycles. The zero-order valence-electron chi connectivity index (χ0n) is 12.9. The maximum atomic E-state index is 12.6. The van der Waals surface area contributed by atoms with Crippen molar-refractivity contribution in [1.29, 1.82) is 0 Å². The molecule has 1 saturated heterocycles. The van der Waals surface area contributed by atoms with Crippen LogP contribution in [-0.2, 0) is 22.6 Å². The highest BCUT2D eigenvalue weighted by Crippen LogP contribution is 2.15. The second-order valence-electron chi connectivity index (χ2n) is 5.55. The number of carbonyl (C=O) groups is 1. The second kappa shape index (κ2) is 7.77. The Labute approximate surface area is 134 Å². The van der Waals surface area contributed by atoms with Crippen molar-refractivity contribution in [1.82, 2.24) is 30.1 Å². The second-order valence-corrected chi connectivity index (χ2v) is 5.55. The first-order chi connectivity index (χ1) is 11.3. The maximum absolute atomic E-state index is 12.6. The fourth-order valence-corrected chi connectivity index (χ4v) is 2.63. The summed E-state index contributed by atoms with van der Waals surface area (Å²) in [5, 5.41) is 10.9. The summed E-state index contributed by atoms with van der Waals surface area (Å²) in [5.74, 6) is 0.0571. The van der Waals surface area contributed by atoms with Gasteiger partial charge in [0, 0.05) is 25.8 Å². The first kappa shape index (κ1) is 15.5. The zero-order chi connectivity index (χ0) is 15.9. The number of aryl methyl sites for hydroxylation is 1. The standard InChI is InChI=1S/C15H20N6O2/c22-15(6-8-21-12-17-18-19-21)20(11-14-5-3-9-23-14)10-13-4-1-2-7-16-13/h1-2,4,7,12,14H,3,5-6,8-11H2/t14-/m0/s1. The summed E-state index contributed by atoms with van der Waals surface area (Å²) in [6, 6.07) is 5.72. The number of hydrogen-bond acceptors (Lipinski definition) is 6. The van der Waals surface area contributed by atoms with Gasteiger partial charge < -0.3 is 9.64 Å². The molecule has 0 saturated carbocycles. The number of ether oxygens (including phenoxy) is 1. The van der Waals surface area contributed by atoms with E-state index in [1.807, 2.05) is 23.1 Å². The molecule has 0 unspecified atom stereocenters. The molecule has 1 aliphatic rings. The van der Waals surface area contributed by atoms with Gasteiger partial charge in [0.15, 0.2) is 0 Å². The van der Waals surface area contributed by atoms with Crippen LogP contribution in [0.5, 0.6) is 0 Å². The lowest BCUT2D eigenvalue weighted by molar-refractivity contribution is -0.133. The number of rotatable bonds is 7. The number of pyridine rings is 1. The smallest absolute Gasteiger partial charge is 0.224 e. The molecule has 1 amide bonds. The van der Waals surface area contributed by atoms with Gasteiger partial charge in [0.05, 0.1) is 24.9 Å². The van der Waals surface area contributed by atoms with E-state index >= 15 is 0 Å². The van der Waals surface area contributed by atoms with E-state index in [4.69, 9.17) is 4.74 Å². The molecular weight excluding hydrogens is 296 g/mol. The quantitative estimate of drug-likeness (QED) is 0.746.